The van der Waals surface area contributed by atoms with Crippen molar-refractivity contribution in [3.05, 3.63) is 46.6 Å². The Balaban J connectivity index is 2.92. The molecule has 1 N–H and O–H groups in total. The smallest absolute Gasteiger partial charge is 0.189 e. The van der Waals surface area contributed by atoms with Crippen LogP contribution in [0.4, 0.5) is 0 Å². The monoisotopic (exact) mass is 404 g/mol. The number of phenols is 1. The zero-order chi connectivity index (χ0) is 21.5. The Morgan fingerprint density at radius 3 is 2.55 bits per heavy atom. The van der Waals surface area contributed by atoms with E-state index in [1.807, 2.05) is 6.07 Å². The fraction of sp³-hybridized carbons (Fsp3) is 0.600. The summed E-state index contributed by atoms with van der Waals surface area (Å²) < 4.78 is 16.3. The van der Waals surface area contributed by atoms with E-state index in [1.54, 1.807) is 13.2 Å². The average Bonchev–Trinajstić information content (AvgIpc) is 2.67. The second kappa shape index (κ2) is 15.1. The molecule has 29 heavy (non-hydrogen) atoms. The van der Waals surface area contributed by atoms with Gasteiger partial charge in [-0.1, -0.05) is 43.1 Å². The van der Waals surface area contributed by atoms with Crippen molar-refractivity contribution in [2.45, 2.75) is 72.6 Å². The van der Waals surface area contributed by atoms with Gasteiger partial charge in [-0.3, -0.25) is 0 Å². The van der Waals surface area contributed by atoms with Crippen LogP contribution in [0, 0.1) is 0 Å². The summed E-state index contributed by atoms with van der Waals surface area (Å²) in [5.41, 5.74) is 5.05. The molecule has 164 valence electrons. The summed E-state index contributed by atoms with van der Waals surface area (Å²) in [4.78, 5) is 0. The van der Waals surface area contributed by atoms with E-state index in [0.29, 0.717) is 19.0 Å². The number of aryl methyl sites for hydroxylation is 1. The van der Waals surface area contributed by atoms with Gasteiger partial charge in [-0.15, -0.1) is 0 Å². The Morgan fingerprint density at radius 2 is 1.86 bits per heavy atom. The molecular formula is C25H40O4. The predicted octanol–water partition coefficient (Wildman–Crippen LogP) is 6.36. The largest absolute Gasteiger partial charge is 0.508 e. The van der Waals surface area contributed by atoms with Crippen LogP contribution in [0.5, 0.6) is 11.5 Å². The van der Waals surface area contributed by atoms with Crippen LogP contribution in [-0.4, -0.2) is 32.2 Å². The van der Waals surface area contributed by atoms with E-state index in [2.05, 4.69) is 39.8 Å². The fourth-order valence-corrected chi connectivity index (χ4v) is 3.11. The van der Waals surface area contributed by atoms with Gasteiger partial charge in [0, 0.05) is 18.7 Å². The van der Waals surface area contributed by atoms with Gasteiger partial charge in [0.1, 0.15) is 11.5 Å². The quantitative estimate of drug-likeness (QED) is 0.210. The summed E-state index contributed by atoms with van der Waals surface area (Å²) in [5, 5.41) is 10.2. The molecule has 0 saturated heterocycles. The molecule has 1 aromatic rings. The molecule has 0 aliphatic carbocycles. The third kappa shape index (κ3) is 11.1. The van der Waals surface area contributed by atoms with Gasteiger partial charge in [0.05, 0.1) is 13.2 Å². The normalized spacial score (nSPS) is 11.6. The maximum Gasteiger partial charge on any atom is 0.189 e. The molecule has 1 rings (SSSR count). The molecule has 0 aliphatic heterocycles. The standard InChI is InChI=1S/C25H40O4/c1-6-7-8-12-22-17-23(26)18-25(29-19-28-16-15-27-5)24(22)14-13-21(4)11-9-10-20(2)3/h10,13,17-18,26H,6-9,11-12,14-16,19H2,1-5H3. The lowest BCUT2D eigenvalue weighted by Crippen LogP contribution is -2.09. The topological polar surface area (TPSA) is 47.9 Å². The molecule has 0 fully saturated rings. The minimum Gasteiger partial charge on any atom is -0.508 e. The highest BCUT2D eigenvalue weighted by atomic mass is 16.7. The van der Waals surface area contributed by atoms with Gasteiger partial charge < -0.3 is 19.3 Å². The Hall–Kier alpha value is -1.78. The van der Waals surface area contributed by atoms with Gasteiger partial charge in [-0.05, 0) is 64.5 Å². The molecule has 0 bridgehead atoms. The van der Waals surface area contributed by atoms with E-state index >= 15 is 0 Å². The third-order valence-corrected chi connectivity index (χ3v) is 4.81. The maximum absolute atomic E-state index is 10.2. The maximum atomic E-state index is 10.2. The second-order valence-electron chi connectivity index (χ2n) is 7.78. The van der Waals surface area contributed by atoms with Crippen molar-refractivity contribution in [3.8, 4) is 11.5 Å². The van der Waals surface area contributed by atoms with Gasteiger partial charge in [-0.25, -0.2) is 0 Å². The Kier molecular flexibility index (Phi) is 13.2. The van der Waals surface area contributed by atoms with Crippen molar-refractivity contribution in [2.24, 2.45) is 0 Å². The van der Waals surface area contributed by atoms with E-state index in [9.17, 15) is 5.11 Å². The summed E-state index contributed by atoms with van der Waals surface area (Å²) in [6, 6.07) is 3.58. The third-order valence-electron chi connectivity index (χ3n) is 4.81. The molecule has 0 unspecified atom stereocenters. The molecular weight excluding hydrogens is 364 g/mol. The van der Waals surface area contributed by atoms with Gasteiger partial charge >= 0.3 is 0 Å². The first kappa shape index (κ1) is 25.3. The van der Waals surface area contributed by atoms with E-state index in [-0.39, 0.29) is 12.5 Å². The molecule has 0 heterocycles. The molecule has 0 amide bonds. The first-order chi connectivity index (χ1) is 14.0. The lowest BCUT2D eigenvalue weighted by Gasteiger charge is -2.16. The summed E-state index contributed by atoms with van der Waals surface area (Å²) in [6.45, 7) is 9.83. The minimum absolute atomic E-state index is 0.150. The molecule has 0 atom stereocenters. The van der Waals surface area contributed by atoms with Crippen molar-refractivity contribution < 1.29 is 19.3 Å². The number of phenolic OH excluding ortho intramolecular Hbond substituents is 1. The van der Waals surface area contributed by atoms with Crippen LogP contribution in [-0.2, 0) is 22.3 Å². The molecule has 0 radical (unpaired) electrons. The Labute approximate surface area is 177 Å². The number of benzene rings is 1. The molecule has 0 aliphatic rings. The lowest BCUT2D eigenvalue weighted by molar-refractivity contribution is -0.00892. The number of rotatable bonds is 15. The van der Waals surface area contributed by atoms with Gasteiger partial charge in [-0.2, -0.15) is 0 Å². The number of hydrogen-bond donors (Lipinski definition) is 1. The molecule has 0 aromatic heterocycles. The first-order valence-corrected chi connectivity index (χ1v) is 10.8. The Morgan fingerprint density at radius 1 is 1.07 bits per heavy atom. The summed E-state index contributed by atoms with van der Waals surface area (Å²) in [7, 11) is 1.65. The van der Waals surface area contributed by atoms with Crippen LogP contribution < -0.4 is 4.74 Å². The van der Waals surface area contributed by atoms with Crippen LogP contribution in [0.15, 0.2) is 35.4 Å². The number of aromatic hydroxyl groups is 1. The van der Waals surface area contributed by atoms with Crippen LogP contribution in [0.2, 0.25) is 0 Å². The van der Waals surface area contributed by atoms with Crippen LogP contribution in [0.3, 0.4) is 0 Å². The van der Waals surface area contributed by atoms with Crippen molar-refractivity contribution in [1.29, 1.82) is 0 Å². The van der Waals surface area contributed by atoms with Crippen molar-refractivity contribution in [1.82, 2.24) is 0 Å². The van der Waals surface area contributed by atoms with Crippen LogP contribution in [0.25, 0.3) is 0 Å². The zero-order valence-corrected chi connectivity index (χ0v) is 19.1. The molecule has 0 spiro atoms. The number of ether oxygens (including phenoxy) is 3. The zero-order valence-electron chi connectivity index (χ0n) is 19.1. The van der Waals surface area contributed by atoms with Crippen LogP contribution >= 0.6 is 0 Å². The van der Waals surface area contributed by atoms with Gasteiger partial charge in [0.15, 0.2) is 6.79 Å². The van der Waals surface area contributed by atoms with Gasteiger partial charge in [0.25, 0.3) is 0 Å². The number of hydrogen-bond acceptors (Lipinski definition) is 4. The number of methoxy groups -OCH3 is 1. The minimum atomic E-state index is 0.150. The number of allylic oxidation sites excluding steroid dienone is 4. The molecule has 1 aromatic carbocycles. The highest BCUT2D eigenvalue weighted by Crippen LogP contribution is 2.31. The molecule has 0 saturated carbocycles. The number of unbranched alkanes of at least 4 members (excludes halogenated alkanes) is 2. The summed E-state index contributed by atoms with van der Waals surface area (Å²) in [5.74, 6) is 0.957. The van der Waals surface area contributed by atoms with E-state index in [0.717, 1.165) is 37.7 Å². The molecule has 4 heteroatoms. The van der Waals surface area contributed by atoms with E-state index in [1.165, 1.54) is 29.6 Å². The van der Waals surface area contributed by atoms with E-state index < -0.39 is 0 Å². The summed E-state index contributed by atoms with van der Waals surface area (Å²) >= 11 is 0. The van der Waals surface area contributed by atoms with Crippen molar-refractivity contribution in [3.63, 3.8) is 0 Å². The fourth-order valence-electron chi connectivity index (χ4n) is 3.11. The van der Waals surface area contributed by atoms with Gasteiger partial charge in [0.2, 0.25) is 0 Å². The Bertz CT molecular complexity index is 642. The molecule has 4 nitrogen and oxygen atoms in total. The highest BCUT2D eigenvalue weighted by molar-refractivity contribution is 5.47. The average molecular weight is 405 g/mol. The first-order valence-electron chi connectivity index (χ1n) is 10.8. The predicted molar refractivity (Wildman–Crippen MR) is 121 cm³/mol. The van der Waals surface area contributed by atoms with Crippen LogP contribution in [0.1, 0.15) is 70.9 Å². The van der Waals surface area contributed by atoms with E-state index in [4.69, 9.17) is 14.2 Å². The second-order valence-corrected chi connectivity index (χ2v) is 7.78. The SMILES string of the molecule is CCCCCc1cc(O)cc(OCOCCOC)c1CC=C(C)CCC=C(C)C. The summed E-state index contributed by atoms with van der Waals surface area (Å²) in [6.07, 6.45) is 11.9. The highest BCUT2D eigenvalue weighted by Gasteiger charge is 2.12. The van der Waals surface area contributed by atoms with Crippen molar-refractivity contribution >= 4 is 0 Å². The lowest BCUT2D eigenvalue weighted by atomic mass is 9.96. The van der Waals surface area contributed by atoms with Crippen molar-refractivity contribution in [2.75, 3.05) is 27.1 Å².